The first-order chi connectivity index (χ1) is 9.31. The minimum atomic E-state index is 0.309. The van der Waals surface area contributed by atoms with Gasteiger partial charge in [0.25, 0.3) is 0 Å². The zero-order valence-electron chi connectivity index (χ0n) is 12.6. The molecule has 0 aliphatic carbocycles. The third-order valence-electron chi connectivity index (χ3n) is 3.40. The van der Waals surface area contributed by atoms with Crippen molar-refractivity contribution in [2.75, 3.05) is 11.1 Å². The van der Waals surface area contributed by atoms with Crippen LogP contribution in [0.1, 0.15) is 36.6 Å². The number of nitrogens with one attached hydrogen (secondary N) is 1. The highest BCUT2D eigenvalue weighted by atomic mass is 79.9. The van der Waals surface area contributed by atoms with Crippen LogP contribution in [0.15, 0.2) is 16.6 Å². The second-order valence-electron chi connectivity index (χ2n) is 5.47. The third kappa shape index (κ3) is 2.68. The minimum Gasteiger partial charge on any atom is -0.394 e. The average molecular weight is 337 g/mol. The van der Waals surface area contributed by atoms with Gasteiger partial charge < -0.3 is 11.1 Å². The van der Waals surface area contributed by atoms with E-state index in [0.29, 0.717) is 5.92 Å². The fourth-order valence-electron chi connectivity index (χ4n) is 2.36. The van der Waals surface area contributed by atoms with Crippen LogP contribution in [0.25, 0.3) is 0 Å². The van der Waals surface area contributed by atoms with E-state index in [1.807, 2.05) is 11.7 Å². The van der Waals surface area contributed by atoms with Gasteiger partial charge in [-0.05, 0) is 43.0 Å². The molecule has 0 bridgehead atoms. The Morgan fingerprint density at radius 1 is 1.25 bits per heavy atom. The molecule has 5 heteroatoms. The Hall–Kier alpha value is -1.49. The third-order valence-corrected chi connectivity index (χ3v) is 3.86. The average Bonchev–Trinajstić information content (AvgIpc) is 2.60. The molecule has 0 atom stereocenters. The molecule has 1 aromatic carbocycles. The molecule has 0 fully saturated rings. The van der Waals surface area contributed by atoms with E-state index in [1.165, 1.54) is 11.1 Å². The summed E-state index contributed by atoms with van der Waals surface area (Å²) < 4.78 is 2.89. The van der Waals surface area contributed by atoms with Gasteiger partial charge in [-0.3, -0.25) is 4.68 Å². The number of benzene rings is 1. The predicted octanol–water partition coefficient (Wildman–Crippen LogP) is 4.25. The maximum absolute atomic E-state index is 6.23. The predicted molar refractivity (Wildman–Crippen MR) is 88.6 cm³/mol. The van der Waals surface area contributed by atoms with Crippen molar-refractivity contribution in [3.05, 3.63) is 33.4 Å². The molecule has 108 valence electrons. The lowest BCUT2D eigenvalue weighted by Crippen LogP contribution is -2.04. The van der Waals surface area contributed by atoms with Crippen molar-refractivity contribution in [1.29, 1.82) is 0 Å². The number of nitrogen functional groups attached to an aromatic ring is 1. The molecule has 2 aromatic rings. The van der Waals surface area contributed by atoms with E-state index in [-0.39, 0.29) is 0 Å². The Balaban J connectivity index is 2.46. The molecule has 4 nitrogen and oxygen atoms in total. The number of hydrogen-bond acceptors (Lipinski definition) is 3. The van der Waals surface area contributed by atoms with Crippen molar-refractivity contribution >= 4 is 33.1 Å². The molecule has 0 radical (unpaired) electrons. The van der Waals surface area contributed by atoms with Crippen LogP contribution in [0.4, 0.5) is 17.2 Å². The molecule has 0 saturated carbocycles. The van der Waals surface area contributed by atoms with Gasteiger partial charge in [0, 0.05) is 17.2 Å². The molecular formula is C15H21BrN4. The van der Waals surface area contributed by atoms with Gasteiger partial charge in [-0.2, -0.15) is 5.10 Å². The summed E-state index contributed by atoms with van der Waals surface area (Å²) >= 11 is 3.51. The van der Waals surface area contributed by atoms with Crippen LogP contribution >= 0.6 is 15.9 Å². The summed E-state index contributed by atoms with van der Waals surface area (Å²) in [6.45, 7) is 8.35. The van der Waals surface area contributed by atoms with Crippen LogP contribution in [0, 0.1) is 13.8 Å². The second-order valence-corrected chi connectivity index (χ2v) is 6.38. The number of anilines is 3. The highest BCUT2D eigenvalue weighted by Crippen LogP contribution is 2.33. The lowest BCUT2D eigenvalue weighted by Gasteiger charge is -2.14. The van der Waals surface area contributed by atoms with Gasteiger partial charge in [-0.1, -0.05) is 29.8 Å². The van der Waals surface area contributed by atoms with E-state index >= 15 is 0 Å². The topological polar surface area (TPSA) is 55.9 Å². The lowest BCUT2D eigenvalue weighted by molar-refractivity contribution is 0.718. The van der Waals surface area contributed by atoms with E-state index in [0.717, 1.165) is 27.4 Å². The summed E-state index contributed by atoms with van der Waals surface area (Å²) in [5.41, 5.74) is 11.3. The highest BCUT2D eigenvalue weighted by Gasteiger charge is 2.17. The van der Waals surface area contributed by atoms with Crippen LogP contribution in [0.2, 0.25) is 0 Å². The number of nitrogens with two attached hydrogens (primary N) is 1. The normalized spacial score (nSPS) is 11.2. The minimum absolute atomic E-state index is 0.309. The van der Waals surface area contributed by atoms with E-state index < -0.39 is 0 Å². The molecule has 1 heterocycles. The SMILES string of the molecule is Cc1cc(Br)cc(C)c1Nc1c(N)c(C(C)C)nn1C. The standard InChI is InChI=1S/C15H21BrN4/c1-8(2)13-12(17)15(20(5)19-13)18-14-9(3)6-11(16)7-10(14)4/h6-8,18H,17H2,1-5H3. The molecule has 0 unspecified atom stereocenters. The van der Waals surface area contributed by atoms with Crippen LogP contribution in [0.3, 0.4) is 0 Å². The Morgan fingerprint density at radius 3 is 2.25 bits per heavy atom. The summed E-state index contributed by atoms with van der Waals surface area (Å²) in [6.07, 6.45) is 0. The zero-order valence-corrected chi connectivity index (χ0v) is 14.2. The molecule has 0 spiro atoms. The first kappa shape index (κ1) is 14.9. The van der Waals surface area contributed by atoms with Crippen LogP contribution in [-0.4, -0.2) is 9.78 Å². The molecule has 2 rings (SSSR count). The Kier molecular flexibility index (Phi) is 4.09. The largest absolute Gasteiger partial charge is 0.394 e. The molecule has 0 saturated heterocycles. The number of hydrogen-bond donors (Lipinski definition) is 2. The van der Waals surface area contributed by atoms with E-state index in [1.54, 1.807) is 0 Å². The maximum Gasteiger partial charge on any atom is 0.152 e. The molecule has 0 aliphatic heterocycles. The number of nitrogens with zero attached hydrogens (tertiary/aromatic N) is 2. The summed E-state index contributed by atoms with van der Waals surface area (Å²) in [4.78, 5) is 0. The maximum atomic E-state index is 6.23. The van der Waals surface area contributed by atoms with Gasteiger partial charge in [0.05, 0.1) is 11.4 Å². The summed E-state index contributed by atoms with van der Waals surface area (Å²) in [7, 11) is 1.91. The highest BCUT2D eigenvalue weighted by molar-refractivity contribution is 9.10. The van der Waals surface area contributed by atoms with Crippen LogP contribution in [0.5, 0.6) is 0 Å². The fraction of sp³-hybridized carbons (Fsp3) is 0.400. The second kappa shape index (κ2) is 5.48. The number of aromatic nitrogens is 2. The molecule has 0 aliphatic rings. The van der Waals surface area contributed by atoms with Crippen molar-refractivity contribution in [3.8, 4) is 0 Å². The molecule has 0 amide bonds. The van der Waals surface area contributed by atoms with Crippen LogP contribution in [-0.2, 0) is 7.05 Å². The van der Waals surface area contributed by atoms with Crippen molar-refractivity contribution in [2.24, 2.45) is 7.05 Å². The first-order valence-electron chi connectivity index (χ1n) is 6.67. The van der Waals surface area contributed by atoms with Crippen LogP contribution < -0.4 is 11.1 Å². The summed E-state index contributed by atoms with van der Waals surface area (Å²) in [6, 6.07) is 4.18. The van der Waals surface area contributed by atoms with Gasteiger partial charge in [-0.25, -0.2) is 0 Å². The van der Waals surface area contributed by atoms with Crippen molar-refractivity contribution < 1.29 is 0 Å². The molecule has 1 aromatic heterocycles. The summed E-state index contributed by atoms with van der Waals surface area (Å²) in [5.74, 6) is 1.16. The van der Waals surface area contributed by atoms with Gasteiger partial charge in [0.1, 0.15) is 0 Å². The zero-order chi connectivity index (χ0) is 15.0. The van der Waals surface area contributed by atoms with Gasteiger partial charge in [0.15, 0.2) is 5.82 Å². The smallest absolute Gasteiger partial charge is 0.152 e. The Morgan fingerprint density at radius 2 is 1.80 bits per heavy atom. The van der Waals surface area contributed by atoms with Gasteiger partial charge in [0.2, 0.25) is 0 Å². The lowest BCUT2D eigenvalue weighted by atomic mass is 10.1. The fourth-order valence-corrected chi connectivity index (χ4v) is 3.05. The Bertz CT molecular complexity index is 621. The van der Waals surface area contributed by atoms with E-state index in [9.17, 15) is 0 Å². The molecule has 20 heavy (non-hydrogen) atoms. The number of rotatable bonds is 3. The number of aryl methyl sites for hydroxylation is 3. The Labute approximate surface area is 128 Å². The van der Waals surface area contributed by atoms with E-state index in [4.69, 9.17) is 5.73 Å². The van der Waals surface area contributed by atoms with Gasteiger partial charge in [-0.15, -0.1) is 0 Å². The molecule has 3 N–H and O–H groups in total. The quantitative estimate of drug-likeness (QED) is 0.880. The van der Waals surface area contributed by atoms with Crippen molar-refractivity contribution in [2.45, 2.75) is 33.6 Å². The summed E-state index contributed by atoms with van der Waals surface area (Å²) in [5, 5.41) is 7.94. The van der Waals surface area contributed by atoms with Gasteiger partial charge >= 0.3 is 0 Å². The van der Waals surface area contributed by atoms with Crippen molar-refractivity contribution in [1.82, 2.24) is 9.78 Å². The van der Waals surface area contributed by atoms with Crippen molar-refractivity contribution in [3.63, 3.8) is 0 Å². The number of halogens is 1. The first-order valence-corrected chi connectivity index (χ1v) is 7.46. The molecular weight excluding hydrogens is 316 g/mol. The monoisotopic (exact) mass is 336 g/mol. The van der Waals surface area contributed by atoms with E-state index in [2.05, 4.69) is 66.2 Å².